The Morgan fingerprint density at radius 3 is 2.32 bits per heavy atom. The van der Waals surface area contributed by atoms with E-state index in [-0.39, 0.29) is 16.9 Å². The van der Waals surface area contributed by atoms with Crippen LogP contribution in [0.3, 0.4) is 0 Å². The zero-order valence-corrected chi connectivity index (χ0v) is 11.4. The van der Waals surface area contributed by atoms with Crippen molar-refractivity contribution in [3.05, 3.63) is 28.8 Å². The van der Waals surface area contributed by atoms with E-state index < -0.39 is 11.9 Å². The third-order valence-corrected chi connectivity index (χ3v) is 2.86. The molecule has 0 saturated heterocycles. The minimum absolute atomic E-state index is 0.00657. The lowest BCUT2D eigenvalue weighted by atomic mass is 9.99. The van der Waals surface area contributed by atoms with E-state index >= 15 is 0 Å². The van der Waals surface area contributed by atoms with E-state index in [1.807, 2.05) is 6.92 Å². The summed E-state index contributed by atoms with van der Waals surface area (Å²) in [5.41, 5.74) is 0.491. The van der Waals surface area contributed by atoms with Crippen molar-refractivity contribution in [2.24, 2.45) is 0 Å². The van der Waals surface area contributed by atoms with Crippen LogP contribution >= 0.6 is 0 Å². The molecule has 0 saturated carbocycles. The van der Waals surface area contributed by atoms with Crippen molar-refractivity contribution in [1.29, 1.82) is 0 Å². The Morgan fingerprint density at radius 1 is 1.16 bits per heavy atom. The first-order chi connectivity index (χ1) is 9.06. The fourth-order valence-electron chi connectivity index (χ4n) is 1.79. The van der Waals surface area contributed by atoms with E-state index in [0.717, 1.165) is 12.8 Å². The quantitative estimate of drug-likeness (QED) is 0.828. The third kappa shape index (κ3) is 3.24. The Labute approximate surface area is 112 Å². The first kappa shape index (κ1) is 15.0. The van der Waals surface area contributed by atoms with Crippen LogP contribution in [0.1, 0.15) is 46.0 Å². The van der Waals surface area contributed by atoms with Gasteiger partial charge in [-0.1, -0.05) is 19.4 Å². The number of esters is 2. The lowest BCUT2D eigenvalue weighted by Gasteiger charge is -2.12. The molecule has 0 aliphatic heterocycles. The van der Waals surface area contributed by atoms with Crippen molar-refractivity contribution in [2.75, 3.05) is 14.2 Å². The molecule has 0 amide bonds. The lowest BCUT2D eigenvalue weighted by Crippen LogP contribution is -2.13. The average Bonchev–Trinajstić information content (AvgIpc) is 2.44. The van der Waals surface area contributed by atoms with Gasteiger partial charge in [-0.15, -0.1) is 0 Å². The molecule has 5 nitrogen and oxygen atoms in total. The highest BCUT2D eigenvalue weighted by atomic mass is 16.5. The summed E-state index contributed by atoms with van der Waals surface area (Å²) >= 11 is 0. The number of aryl methyl sites for hydroxylation is 1. The van der Waals surface area contributed by atoms with Crippen LogP contribution in [0.4, 0.5) is 0 Å². The molecule has 0 atom stereocenters. The van der Waals surface area contributed by atoms with E-state index in [0.29, 0.717) is 12.0 Å². The number of methoxy groups -OCH3 is 2. The molecule has 104 valence electrons. The van der Waals surface area contributed by atoms with Gasteiger partial charge in [0.2, 0.25) is 0 Å². The summed E-state index contributed by atoms with van der Waals surface area (Å²) in [7, 11) is 2.41. The summed E-state index contributed by atoms with van der Waals surface area (Å²) < 4.78 is 9.19. The van der Waals surface area contributed by atoms with Crippen LogP contribution in [-0.2, 0) is 15.9 Å². The molecule has 19 heavy (non-hydrogen) atoms. The number of hydrogen-bond acceptors (Lipinski definition) is 5. The Bertz CT molecular complexity index is 479. The van der Waals surface area contributed by atoms with Gasteiger partial charge in [0, 0.05) is 0 Å². The number of unbranched alkanes of at least 4 members (excludes halogenated alkanes) is 1. The minimum atomic E-state index is -0.753. The van der Waals surface area contributed by atoms with Gasteiger partial charge >= 0.3 is 11.9 Å². The molecular formula is C14H18O5. The molecular weight excluding hydrogens is 248 g/mol. The maximum atomic E-state index is 11.7. The monoisotopic (exact) mass is 266 g/mol. The Kier molecular flexibility index (Phi) is 5.36. The van der Waals surface area contributed by atoms with E-state index in [9.17, 15) is 14.7 Å². The fraction of sp³-hybridized carbons (Fsp3) is 0.429. The normalized spacial score (nSPS) is 10.1. The topological polar surface area (TPSA) is 72.8 Å². The number of benzene rings is 1. The number of carbonyl (C=O) groups excluding carboxylic acids is 2. The van der Waals surface area contributed by atoms with E-state index in [4.69, 9.17) is 0 Å². The number of ether oxygens (including phenoxy) is 2. The fourth-order valence-corrected chi connectivity index (χ4v) is 1.79. The van der Waals surface area contributed by atoms with Crippen molar-refractivity contribution in [2.45, 2.75) is 26.2 Å². The van der Waals surface area contributed by atoms with Gasteiger partial charge in [0.05, 0.1) is 19.8 Å². The molecule has 0 radical (unpaired) electrons. The molecule has 0 unspecified atom stereocenters. The molecule has 1 N–H and O–H groups in total. The predicted molar refractivity (Wildman–Crippen MR) is 69.4 cm³/mol. The largest absolute Gasteiger partial charge is 0.507 e. The molecule has 0 aromatic heterocycles. The molecule has 5 heteroatoms. The van der Waals surface area contributed by atoms with Gasteiger partial charge in [0.25, 0.3) is 0 Å². The molecule has 0 spiro atoms. The van der Waals surface area contributed by atoms with Gasteiger partial charge in [0.15, 0.2) is 0 Å². The third-order valence-electron chi connectivity index (χ3n) is 2.86. The number of rotatable bonds is 5. The second-order valence-corrected chi connectivity index (χ2v) is 4.08. The highest BCUT2D eigenvalue weighted by Crippen LogP contribution is 2.28. The van der Waals surface area contributed by atoms with Gasteiger partial charge in [-0.05, 0) is 24.5 Å². The summed E-state index contributed by atoms with van der Waals surface area (Å²) in [5.74, 6) is -1.64. The zero-order chi connectivity index (χ0) is 14.4. The second kappa shape index (κ2) is 6.78. The molecule has 0 aliphatic carbocycles. The van der Waals surface area contributed by atoms with Crippen LogP contribution < -0.4 is 0 Å². The molecule has 1 aromatic carbocycles. The number of phenols is 1. The van der Waals surface area contributed by atoms with Crippen LogP contribution in [0.25, 0.3) is 0 Å². The highest BCUT2D eigenvalue weighted by Gasteiger charge is 2.24. The molecule has 0 bridgehead atoms. The number of hydrogen-bond donors (Lipinski definition) is 1. The lowest BCUT2D eigenvalue weighted by molar-refractivity contribution is 0.0552. The Balaban J connectivity index is 3.32. The molecule has 1 aromatic rings. The average molecular weight is 266 g/mol. The molecule has 0 fully saturated rings. The minimum Gasteiger partial charge on any atom is -0.507 e. The first-order valence-corrected chi connectivity index (χ1v) is 6.08. The molecule has 1 rings (SSSR count). The SMILES string of the molecule is CCCCc1ccc(C(=O)OC)c(C(=O)OC)c1O. The second-order valence-electron chi connectivity index (χ2n) is 4.08. The van der Waals surface area contributed by atoms with Gasteiger partial charge in [0.1, 0.15) is 11.3 Å². The Morgan fingerprint density at radius 2 is 1.79 bits per heavy atom. The number of phenolic OH excluding ortho intramolecular Hbond substituents is 1. The van der Waals surface area contributed by atoms with Gasteiger partial charge in [-0.2, -0.15) is 0 Å². The number of carbonyl (C=O) groups is 2. The smallest absolute Gasteiger partial charge is 0.342 e. The predicted octanol–water partition coefficient (Wildman–Crippen LogP) is 2.31. The van der Waals surface area contributed by atoms with Crippen LogP contribution in [0, 0.1) is 0 Å². The van der Waals surface area contributed by atoms with Crippen molar-refractivity contribution in [1.82, 2.24) is 0 Å². The Hall–Kier alpha value is -2.04. The number of aromatic hydroxyl groups is 1. The van der Waals surface area contributed by atoms with Crippen molar-refractivity contribution in [3.8, 4) is 5.75 Å². The van der Waals surface area contributed by atoms with Crippen LogP contribution in [0.2, 0.25) is 0 Å². The molecule has 0 heterocycles. The first-order valence-electron chi connectivity index (χ1n) is 6.08. The van der Waals surface area contributed by atoms with Crippen LogP contribution in [0.15, 0.2) is 12.1 Å². The van der Waals surface area contributed by atoms with Crippen molar-refractivity contribution >= 4 is 11.9 Å². The maximum absolute atomic E-state index is 11.7. The van der Waals surface area contributed by atoms with Crippen molar-refractivity contribution in [3.63, 3.8) is 0 Å². The highest BCUT2D eigenvalue weighted by molar-refractivity contribution is 6.05. The van der Waals surface area contributed by atoms with E-state index in [1.54, 1.807) is 6.07 Å². The van der Waals surface area contributed by atoms with E-state index in [2.05, 4.69) is 9.47 Å². The van der Waals surface area contributed by atoms with Gasteiger partial charge < -0.3 is 14.6 Å². The maximum Gasteiger partial charge on any atom is 0.342 e. The van der Waals surface area contributed by atoms with Crippen LogP contribution in [-0.4, -0.2) is 31.3 Å². The van der Waals surface area contributed by atoms with Crippen LogP contribution in [0.5, 0.6) is 5.75 Å². The summed E-state index contributed by atoms with van der Waals surface area (Å²) in [5, 5.41) is 10.1. The standard InChI is InChI=1S/C14H18O5/c1-4-5-6-9-7-8-10(13(16)18-2)11(12(9)15)14(17)19-3/h7-8,15H,4-6H2,1-3H3. The van der Waals surface area contributed by atoms with Gasteiger partial charge in [-0.25, -0.2) is 9.59 Å². The van der Waals surface area contributed by atoms with E-state index in [1.165, 1.54) is 20.3 Å². The molecule has 0 aliphatic rings. The van der Waals surface area contributed by atoms with Crippen molar-refractivity contribution < 1.29 is 24.2 Å². The summed E-state index contributed by atoms with van der Waals surface area (Å²) in [4.78, 5) is 23.3. The zero-order valence-electron chi connectivity index (χ0n) is 11.4. The summed E-state index contributed by atoms with van der Waals surface area (Å²) in [6.45, 7) is 2.03. The van der Waals surface area contributed by atoms with Gasteiger partial charge in [-0.3, -0.25) is 0 Å². The summed E-state index contributed by atoms with van der Waals surface area (Å²) in [6.07, 6.45) is 2.48. The summed E-state index contributed by atoms with van der Waals surface area (Å²) in [6, 6.07) is 3.10.